The third-order valence-corrected chi connectivity index (χ3v) is 2.94. The predicted molar refractivity (Wildman–Crippen MR) is 70.7 cm³/mol. The highest BCUT2D eigenvalue weighted by Crippen LogP contribution is 2.03. The number of hydrogen-bond acceptors (Lipinski definition) is 2. The fourth-order valence-electron chi connectivity index (χ4n) is 1.70. The number of hydrogen-bond donors (Lipinski definition) is 0. The van der Waals surface area contributed by atoms with Gasteiger partial charge in [0.15, 0.2) is 0 Å². The van der Waals surface area contributed by atoms with Crippen molar-refractivity contribution in [1.29, 1.82) is 0 Å². The molecule has 0 spiro atoms. The van der Waals surface area contributed by atoms with Crippen molar-refractivity contribution in [2.24, 2.45) is 0 Å². The van der Waals surface area contributed by atoms with Gasteiger partial charge in [-0.05, 0) is 18.7 Å². The molecule has 1 rings (SSSR count). The summed E-state index contributed by atoms with van der Waals surface area (Å²) in [4.78, 5) is 15.9. The van der Waals surface area contributed by atoms with Gasteiger partial charge in [-0.2, -0.15) is 0 Å². The van der Waals surface area contributed by atoms with E-state index in [0.29, 0.717) is 13.1 Å². The first kappa shape index (κ1) is 13.7. The molecule has 0 aliphatic heterocycles. The molecule has 0 bridgehead atoms. The largest absolute Gasteiger partial charge is 0.340 e. The highest BCUT2D eigenvalue weighted by Gasteiger charge is 2.12. The molecule has 0 fully saturated rings. The molecule has 3 heteroatoms. The molecule has 0 saturated heterocycles. The summed E-state index contributed by atoms with van der Waals surface area (Å²) in [6.45, 7) is 7.18. The van der Waals surface area contributed by atoms with Crippen LogP contribution >= 0.6 is 0 Å². The van der Waals surface area contributed by atoms with Crippen LogP contribution in [0.1, 0.15) is 19.4 Å². The molecule has 0 saturated carbocycles. The number of rotatable bonds is 6. The van der Waals surface area contributed by atoms with E-state index in [4.69, 9.17) is 0 Å². The average molecular weight is 234 g/mol. The molecule has 0 atom stereocenters. The molecular formula is C14H22N2O. The van der Waals surface area contributed by atoms with Crippen molar-refractivity contribution in [2.75, 3.05) is 26.7 Å². The molecule has 94 valence electrons. The fourth-order valence-corrected chi connectivity index (χ4v) is 1.70. The number of carbonyl (C=O) groups is 1. The summed E-state index contributed by atoms with van der Waals surface area (Å²) in [5.41, 5.74) is 1.17. The van der Waals surface area contributed by atoms with Crippen LogP contribution in [0, 0.1) is 0 Å². The monoisotopic (exact) mass is 234 g/mol. The summed E-state index contributed by atoms with van der Waals surface area (Å²) in [6, 6.07) is 10.1. The first-order valence-corrected chi connectivity index (χ1v) is 6.17. The quantitative estimate of drug-likeness (QED) is 0.751. The number of likely N-dealkylation sites (N-methyl/N-ethyl adjacent to an activating group) is 2. The van der Waals surface area contributed by atoms with E-state index in [1.807, 2.05) is 37.4 Å². The Hall–Kier alpha value is -1.35. The number of benzene rings is 1. The molecule has 17 heavy (non-hydrogen) atoms. The van der Waals surface area contributed by atoms with E-state index in [0.717, 1.165) is 13.1 Å². The van der Waals surface area contributed by atoms with Crippen molar-refractivity contribution in [3.63, 3.8) is 0 Å². The highest BCUT2D eigenvalue weighted by atomic mass is 16.2. The Morgan fingerprint density at radius 2 is 1.71 bits per heavy atom. The molecular weight excluding hydrogens is 212 g/mol. The minimum absolute atomic E-state index is 0.178. The summed E-state index contributed by atoms with van der Waals surface area (Å²) in [5.74, 6) is 0.178. The second kappa shape index (κ2) is 7.07. The highest BCUT2D eigenvalue weighted by molar-refractivity contribution is 5.77. The maximum Gasteiger partial charge on any atom is 0.236 e. The minimum atomic E-state index is 0.178. The van der Waals surface area contributed by atoms with Crippen LogP contribution in [0.5, 0.6) is 0 Å². The zero-order valence-corrected chi connectivity index (χ0v) is 11.0. The first-order valence-electron chi connectivity index (χ1n) is 6.17. The van der Waals surface area contributed by atoms with Gasteiger partial charge < -0.3 is 4.90 Å². The summed E-state index contributed by atoms with van der Waals surface area (Å²) in [6.07, 6.45) is 0. The summed E-state index contributed by atoms with van der Waals surface area (Å²) >= 11 is 0. The van der Waals surface area contributed by atoms with E-state index >= 15 is 0 Å². The van der Waals surface area contributed by atoms with Crippen LogP contribution in [0.4, 0.5) is 0 Å². The lowest BCUT2D eigenvalue weighted by atomic mass is 10.2. The number of amides is 1. The van der Waals surface area contributed by atoms with Crippen LogP contribution in [0.2, 0.25) is 0 Å². The predicted octanol–water partition coefficient (Wildman–Crippen LogP) is 1.99. The lowest BCUT2D eigenvalue weighted by Gasteiger charge is -2.22. The van der Waals surface area contributed by atoms with Gasteiger partial charge in [0.1, 0.15) is 0 Å². The fraction of sp³-hybridized carbons (Fsp3) is 0.500. The van der Waals surface area contributed by atoms with Crippen LogP contribution in [-0.2, 0) is 11.3 Å². The molecule has 0 aliphatic rings. The van der Waals surface area contributed by atoms with E-state index in [1.54, 1.807) is 4.90 Å². The van der Waals surface area contributed by atoms with Gasteiger partial charge in [-0.25, -0.2) is 0 Å². The lowest BCUT2D eigenvalue weighted by molar-refractivity contribution is -0.131. The van der Waals surface area contributed by atoms with Crippen LogP contribution in [0.3, 0.4) is 0 Å². The Morgan fingerprint density at radius 1 is 1.12 bits per heavy atom. The van der Waals surface area contributed by atoms with Crippen LogP contribution in [0.15, 0.2) is 30.3 Å². The summed E-state index contributed by atoms with van der Waals surface area (Å²) in [7, 11) is 1.86. The van der Waals surface area contributed by atoms with Crippen molar-refractivity contribution in [3.8, 4) is 0 Å². The normalized spacial score (nSPS) is 10.6. The molecule has 0 aliphatic carbocycles. The molecule has 0 aromatic heterocycles. The van der Waals surface area contributed by atoms with E-state index in [2.05, 4.69) is 18.7 Å². The molecule has 1 amide bonds. The van der Waals surface area contributed by atoms with Crippen LogP contribution in [0.25, 0.3) is 0 Å². The van der Waals surface area contributed by atoms with Crippen LogP contribution in [-0.4, -0.2) is 42.4 Å². The number of nitrogens with zero attached hydrogens (tertiary/aromatic N) is 2. The van der Waals surface area contributed by atoms with Gasteiger partial charge in [0.25, 0.3) is 0 Å². The van der Waals surface area contributed by atoms with E-state index < -0.39 is 0 Å². The molecule has 3 nitrogen and oxygen atoms in total. The third kappa shape index (κ3) is 4.57. The van der Waals surface area contributed by atoms with Crippen molar-refractivity contribution >= 4 is 5.91 Å². The Labute approximate surface area is 104 Å². The van der Waals surface area contributed by atoms with Crippen molar-refractivity contribution in [2.45, 2.75) is 20.4 Å². The third-order valence-electron chi connectivity index (χ3n) is 2.94. The minimum Gasteiger partial charge on any atom is -0.340 e. The van der Waals surface area contributed by atoms with Crippen molar-refractivity contribution < 1.29 is 4.79 Å². The molecule has 1 aromatic rings. The van der Waals surface area contributed by atoms with E-state index in [-0.39, 0.29) is 5.91 Å². The van der Waals surface area contributed by atoms with Gasteiger partial charge >= 0.3 is 0 Å². The van der Waals surface area contributed by atoms with Gasteiger partial charge in [-0.15, -0.1) is 0 Å². The van der Waals surface area contributed by atoms with E-state index in [1.165, 1.54) is 5.56 Å². The Balaban J connectivity index is 2.47. The number of carbonyl (C=O) groups excluding carboxylic acids is 1. The first-order chi connectivity index (χ1) is 8.17. The molecule has 1 aromatic carbocycles. The summed E-state index contributed by atoms with van der Waals surface area (Å²) < 4.78 is 0. The molecule has 0 heterocycles. The van der Waals surface area contributed by atoms with Gasteiger partial charge in [0, 0.05) is 13.6 Å². The average Bonchev–Trinajstić information content (AvgIpc) is 2.36. The summed E-state index contributed by atoms with van der Waals surface area (Å²) in [5, 5.41) is 0. The maximum atomic E-state index is 12.0. The van der Waals surface area contributed by atoms with Gasteiger partial charge in [0.2, 0.25) is 5.91 Å². The smallest absolute Gasteiger partial charge is 0.236 e. The Kier molecular flexibility index (Phi) is 5.70. The van der Waals surface area contributed by atoms with Crippen molar-refractivity contribution in [1.82, 2.24) is 9.80 Å². The second-order valence-corrected chi connectivity index (χ2v) is 4.20. The van der Waals surface area contributed by atoms with E-state index in [9.17, 15) is 4.79 Å². The zero-order chi connectivity index (χ0) is 12.7. The van der Waals surface area contributed by atoms with Crippen molar-refractivity contribution in [3.05, 3.63) is 35.9 Å². The SMILES string of the molecule is CCN(CC)CC(=O)N(C)Cc1ccccc1. The zero-order valence-electron chi connectivity index (χ0n) is 11.0. The standard InChI is InChI=1S/C14H22N2O/c1-4-16(5-2)12-14(17)15(3)11-13-9-7-6-8-10-13/h6-10H,4-5,11-12H2,1-3H3. The Morgan fingerprint density at radius 3 is 2.24 bits per heavy atom. The van der Waals surface area contributed by atoms with Crippen LogP contribution < -0.4 is 0 Å². The maximum absolute atomic E-state index is 12.0. The topological polar surface area (TPSA) is 23.6 Å². The van der Waals surface area contributed by atoms with Gasteiger partial charge in [-0.1, -0.05) is 44.2 Å². The lowest BCUT2D eigenvalue weighted by Crippen LogP contribution is -2.37. The van der Waals surface area contributed by atoms with Gasteiger partial charge in [-0.3, -0.25) is 9.69 Å². The molecule has 0 radical (unpaired) electrons. The Bertz CT molecular complexity index is 333. The molecule has 0 N–H and O–H groups in total. The second-order valence-electron chi connectivity index (χ2n) is 4.20. The van der Waals surface area contributed by atoms with Gasteiger partial charge in [0.05, 0.1) is 6.54 Å². The molecule has 0 unspecified atom stereocenters.